The van der Waals surface area contributed by atoms with Gasteiger partial charge in [-0.25, -0.2) is 18.7 Å². The molecule has 1 aliphatic heterocycles. The van der Waals surface area contributed by atoms with Crippen molar-refractivity contribution >= 4 is 17.4 Å². The molecule has 1 saturated heterocycles. The van der Waals surface area contributed by atoms with Gasteiger partial charge in [0, 0.05) is 19.2 Å². The van der Waals surface area contributed by atoms with Crippen molar-refractivity contribution in [3.05, 3.63) is 42.4 Å². The predicted molar refractivity (Wildman–Crippen MR) is 84.9 cm³/mol. The first-order valence-electron chi connectivity index (χ1n) is 7.68. The van der Waals surface area contributed by atoms with Gasteiger partial charge in [0.15, 0.2) is 11.6 Å². The summed E-state index contributed by atoms with van der Waals surface area (Å²) >= 11 is 0. The van der Waals surface area contributed by atoms with Gasteiger partial charge in [-0.05, 0) is 18.6 Å². The molecule has 0 aliphatic carbocycles. The van der Waals surface area contributed by atoms with Crippen LogP contribution in [0.5, 0.6) is 0 Å². The fourth-order valence-corrected chi connectivity index (χ4v) is 2.68. The Hall–Kier alpha value is -2.64. The van der Waals surface area contributed by atoms with Crippen molar-refractivity contribution in [3.8, 4) is 0 Å². The van der Waals surface area contributed by atoms with Gasteiger partial charge in [-0.3, -0.25) is 9.78 Å². The van der Waals surface area contributed by atoms with Crippen LogP contribution < -0.4 is 10.2 Å². The van der Waals surface area contributed by atoms with E-state index in [1.54, 1.807) is 25.3 Å². The molecule has 3 heterocycles. The molecule has 3 rings (SSSR count). The molecule has 0 spiro atoms. The van der Waals surface area contributed by atoms with Crippen LogP contribution in [0.4, 0.5) is 20.3 Å². The van der Waals surface area contributed by atoms with Crippen LogP contribution >= 0.6 is 0 Å². The quantitative estimate of drug-likeness (QED) is 0.928. The third kappa shape index (κ3) is 3.04. The summed E-state index contributed by atoms with van der Waals surface area (Å²) in [5, 5.41) is 2.50. The number of halogens is 2. The fraction of sp³-hybridized carbons (Fsp3) is 0.375. The number of pyridine rings is 1. The molecule has 1 N–H and O–H groups in total. The lowest BCUT2D eigenvalue weighted by atomic mass is 10.0. The number of aromatic nitrogens is 3. The summed E-state index contributed by atoms with van der Waals surface area (Å²) in [5.74, 6) is -1.28. The minimum absolute atomic E-state index is 0.0375. The average molecular weight is 333 g/mol. The smallest absolute Gasteiger partial charge is 0.264 e. The van der Waals surface area contributed by atoms with Gasteiger partial charge in [0.1, 0.15) is 6.33 Å². The van der Waals surface area contributed by atoms with Crippen molar-refractivity contribution in [1.82, 2.24) is 15.0 Å². The summed E-state index contributed by atoms with van der Waals surface area (Å²) < 4.78 is 29.3. The first-order valence-corrected chi connectivity index (χ1v) is 7.68. The molecule has 1 aliphatic rings. The monoisotopic (exact) mass is 333 g/mol. The Morgan fingerprint density at radius 3 is 3.00 bits per heavy atom. The Kier molecular flexibility index (Phi) is 4.37. The molecule has 1 atom stereocenters. The van der Waals surface area contributed by atoms with E-state index in [0.717, 1.165) is 0 Å². The van der Waals surface area contributed by atoms with E-state index < -0.39 is 17.4 Å². The molecule has 0 bridgehead atoms. The van der Waals surface area contributed by atoms with E-state index in [1.807, 2.05) is 0 Å². The average Bonchev–Trinajstić information content (AvgIpc) is 2.99. The van der Waals surface area contributed by atoms with Crippen molar-refractivity contribution in [2.24, 2.45) is 0 Å². The topological polar surface area (TPSA) is 71.0 Å². The standard InChI is InChI=1S/C16H17F2N5O/c1-2-12-13(17)14(21-10-20-12)23-7-5-16(18,9-23)15(24)22-11-4-3-6-19-8-11/h3-4,6,8,10H,2,5,7,9H2,1H3,(H,22,24). The van der Waals surface area contributed by atoms with Gasteiger partial charge < -0.3 is 10.2 Å². The largest absolute Gasteiger partial charge is 0.350 e. The molecule has 1 fully saturated rings. The third-order valence-electron chi connectivity index (χ3n) is 4.02. The molecule has 1 unspecified atom stereocenters. The summed E-state index contributed by atoms with van der Waals surface area (Å²) in [6.07, 6.45) is 4.62. The number of anilines is 2. The molecule has 2 aromatic rings. The summed E-state index contributed by atoms with van der Waals surface area (Å²) in [6, 6.07) is 3.27. The Morgan fingerprint density at radius 1 is 1.46 bits per heavy atom. The first-order chi connectivity index (χ1) is 11.5. The number of hydrogen-bond donors (Lipinski definition) is 1. The van der Waals surface area contributed by atoms with Gasteiger partial charge in [0.2, 0.25) is 5.67 Å². The second-order valence-corrected chi connectivity index (χ2v) is 5.64. The molecule has 126 valence electrons. The second kappa shape index (κ2) is 6.46. The number of hydrogen-bond acceptors (Lipinski definition) is 5. The van der Waals surface area contributed by atoms with Crippen molar-refractivity contribution in [2.45, 2.75) is 25.4 Å². The number of alkyl halides is 1. The van der Waals surface area contributed by atoms with Crippen LogP contribution in [0.25, 0.3) is 0 Å². The van der Waals surface area contributed by atoms with Crippen LogP contribution in [-0.4, -0.2) is 39.6 Å². The van der Waals surface area contributed by atoms with Gasteiger partial charge in [0.05, 0.1) is 24.1 Å². The lowest BCUT2D eigenvalue weighted by molar-refractivity contribution is -0.126. The molecule has 6 nitrogen and oxygen atoms in total. The zero-order valence-electron chi connectivity index (χ0n) is 13.2. The van der Waals surface area contributed by atoms with Gasteiger partial charge in [-0.15, -0.1) is 0 Å². The number of amides is 1. The van der Waals surface area contributed by atoms with E-state index in [0.29, 0.717) is 12.1 Å². The number of carbonyl (C=O) groups excluding carboxylic acids is 1. The lowest BCUT2D eigenvalue weighted by Crippen LogP contribution is -2.41. The van der Waals surface area contributed by atoms with Gasteiger partial charge in [-0.1, -0.05) is 6.92 Å². The van der Waals surface area contributed by atoms with Gasteiger partial charge in [0.25, 0.3) is 5.91 Å². The zero-order valence-corrected chi connectivity index (χ0v) is 13.2. The lowest BCUT2D eigenvalue weighted by Gasteiger charge is -2.21. The predicted octanol–water partition coefficient (Wildman–Crippen LogP) is 2.13. The summed E-state index contributed by atoms with van der Waals surface area (Å²) in [6.45, 7) is 1.73. The number of aryl methyl sites for hydroxylation is 1. The minimum Gasteiger partial charge on any atom is -0.350 e. The molecular weight excluding hydrogens is 316 g/mol. The molecule has 0 saturated carbocycles. The normalized spacial score (nSPS) is 20.2. The number of carbonyl (C=O) groups is 1. The van der Waals surface area contributed by atoms with E-state index in [2.05, 4.69) is 20.3 Å². The highest BCUT2D eigenvalue weighted by Crippen LogP contribution is 2.31. The Bertz CT molecular complexity index is 743. The van der Waals surface area contributed by atoms with Crippen LogP contribution in [0.3, 0.4) is 0 Å². The van der Waals surface area contributed by atoms with Crippen LogP contribution in [0.2, 0.25) is 0 Å². The number of nitrogens with zero attached hydrogens (tertiary/aromatic N) is 4. The van der Waals surface area contributed by atoms with Crippen molar-refractivity contribution in [3.63, 3.8) is 0 Å². The number of nitrogens with one attached hydrogen (secondary N) is 1. The van der Waals surface area contributed by atoms with Crippen molar-refractivity contribution < 1.29 is 13.6 Å². The van der Waals surface area contributed by atoms with Gasteiger partial charge in [-0.2, -0.15) is 0 Å². The highest BCUT2D eigenvalue weighted by molar-refractivity contribution is 5.98. The maximum Gasteiger partial charge on any atom is 0.264 e. The Balaban J connectivity index is 1.75. The summed E-state index contributed by atoms with van der Waals surface area (Å²) in [7, 11) is 0. The van der Waals surface area contributed by atoms with E-state index >= 15 is 4.39 Å². The molecule has 0 radical (unpaired) electrons. The van der Waals surface area contributed by atoms with Crippen LogP contribution in [0.15, 0.2) is 30.9 Å². The highest BCUT2D eigenvalue weighted by Gasteiger charge is 2.46. The fourth-order valence-electron chi connectivity index (χ4n) is 2.68. The van der Waals surface area contributed by atoms with Crippen LogP contribution in [0.1, 0.15) is 19.0 Å². The zero-order chi connectivity index (χ0) is 17.2. The molecular formula is C16H17F2N5O. The minimum atomic E-state index is -2.11. The molecule has 24 heavy (non-hydrogen) atoms. The second-order valence-electron chi connectivity index (χ2n) is 5.64. The SMILES string of the molecule is CCc1ncnc(N2CCC(F)(C(=O)Nc3cccnc3)C2)c1F. The Morgan fingerprint density at radius 2 is 2.29 bits per heavy atom. The van der Waals surface area contributed by atoms with Crippen molar-refractivity contribution in [2.75, 3.05) is 23.3 Å². The maximum atomic E-state index is 15.0. The maximum absolute atomic E-state index is 15.0. The molecule has 8 heteroatoms. The number of rotatable bonds is 4. The molecule has 1 amide bonds. The Labute approximate surface area is 137 Å². The van der Waals surface area contributed by atoms with E-state index in [9.17, 15) is 9.18 Å². The third-order valence-corrected chi connectivity index (χ3v) is 4.02. The van der Waals surface area contributed by atoms with Crippen LogP contribution in [0, 0.1) is 5.82 Å². The molecule has 2 aromatic heterocycles. The van der Waals surface area contributed by atoms with Crippen molar-refractivity contribution in [1.29, 1.82) is 0 Å². The summed E-state index contributed by atoms with van der Waals surface area (Å²) in [4.78, 5) is 25.3. The first kappa shape index (κ1) is 16.2. The highest BCUT2D eigenvalue weighted by atomic mass is 19.1. The van der Waals surface area contributed by atoms with E-state index in [-0.39, 0.29) is 31.0 Å². The van der Waals surface area contributed by atoms with Gasteiger partial charge >= 0.3 is 0 Å². The van der Waals surface area contributed by atoms with Crippen LogP contribution in [-0.2, 0) is 11.2 Å². The summed E-state index contributed by atoms with van der Waals surface area (Å²) in [5.41, 5.74) is -1.42. The van der Waals surface area contributed by atoms with E-state index in [1.165, 1.54) is 17.4 Å². The van der Waals surface area contributed by atoms with E-state index in [4.69, 9.17) is 0 Å². The molecule has 0 aromatic carbocycles.